The third-order valence-corrected chi connectivity index (χ3v) is 3.15. The van der Waals surface area contributed by atoms with Gasteiger partial charge in [0.2, 0.25) is 0 Å². The number of ether oxygens (including phenoxy) is 1. The lowest BCUT2D eigenvalue weighted by molar-refractivity contribution is 0.334. The molecule has 18 heavy (non-hydrogen) atoms. The van der Waals surface area contributed by atoms with E-state index in [1.807, 2.05) is 19.1 Å². The molecule has 1 aromatic rings. The van der Waals surface area contributed by atoms with Crippen LogP contribution in [0.4, 0.5) is 0 Å². The lowest BCUT2D eigenvalue weighted by Gasteiger charge is -2.15. The van der Waals surface area contributed by atoms with Gasteiger partial charge in [0.25, 0.3) is 0 Å². The molecule has 1 rings (SSSR count). The molecule has 0 aliphatic rings. The Hall–Kier alpha value is -1.02. The van der Waals surface area contributed by atoms with Crippen molar-refractivity contribution in [2.24, 2.45) is 0 Å². The largest absolute Gasteiger partial charge is 0.494 e. The van der Waals surface area contributed by atoms with Crippen molar-refractivity contribution in [2.45, 2.75) is 59.0 Å². The molecular weight excluding hydrogens is 222 g/mol. The molecule has 0 amide bonds. The summed E-state index contributed by atoms with van der Waals surface area (Å²) in [7, 11) is 0. The summed E-state index contributed by atoms with van der Waals surface area (Å²) in [5.41, 5.74) is 1.25. The fourth-order valence-electron chi connectivity index (χ4n) is 2.03. The van der Waals surface area contributed by atoms with Crippen molar-refractivity contribution in [1.29, 1.82) is 0 Å². The Morgan fingerprint density at radius 1 is 1.17 bits per heavy atom. The van der Waals surface area contributed by atoms with Crippen molar-refractivity contribution in [3.05, 3.63) is 29.8 Å². The SMILES string of the molecule is CCCCCC(C)NCc1ccccc1OCC. The molecule has 1 aromatic carbocycles. The first kappa shape index (κ1) is 15.0. The van der Waals surface area contributed by atoms with Gasteiger partial charge in [-0.3, -0.25) is 0 Å². The number of nitrogens with one attached hydrogen (secondary N) is 1. The molecule has 0 bridgehead atoms. The van der Waals surface area contributed by atoms with Crippen molar-refractivity contribution in [1.82, 2.24) is 5.32 Å². The highest BCUT2D eigenvalue weighted by Gasteiger charge is 2.05. The third-order valence-electron chi connectivity index (χ3n) is 3.15. The van der Waals surface area contributed by atoms with Crippen LogP contribution in [0, 0.1) is 0 Å². The van der Waals surface area contributed by atoms with Crippen LogP contribution in [0.1, 0.15) is 52.0 Å². The molecule has 0 radical (unpaired) electrons. The highest BCUT2D eigenvalue weighted by Crippen LogP contribution is 2.18. The van der Waals surface area contributed by atoms with E-state index in [1.165, 1.54) is 31.2 Å². The minimum Gasteiger partial charge on any atom is -0.494 e. The summed E-state index contributed by atoms with van der Waals surface area (Å²) in [6, 6.07) is 8.85. The molecule has 0 saturated heterocycles. The van der Waals surface area contributed by atoms with Gasteiger partial charge < -0.3 is 10.1 Å². The first-order chi connectivity index (χ1) is 8.77. The maximum atomic E-state index is 5.63. The summed E-state index contributed by atoms with van der Waals surface area (Å²) < 4.78 is 5.63. The standard InChI is InChI=1S/C16H27NO/c1-4-6-7-10-14(3)17-13-15-11-8-9-12-16(15)18-5-2/h8-9,11-12,14,17H,4-7,10,13H2,1-3H3. The summed E-state index contributed by atoms with van der Waals surface area (Å²) in [5, 5.41) is 3.58. The zero-order valence-corrected chi connectivity index (χ0v) is 12.0. The molecular formula is C16H27NO. The molecule has 2 nitrogen and oxygen atoms in total. The predicted octanol–water partition coefficient (Wildman–Crippen LogP) is 4.14. The van der Waals surface area contributed by atoms with Gasteiger partial charge in [-0.25, -0.2) is 0 Å². The molecule has 2 heteroatoms. The average molecular weight is 249 g/mol. The minimum absolute atomic E-state index is 0.575. The average Bonchev–Trinajstić information content (AvgIpc) is 2.38. The van der Waals surface area contributed by atoms with E-state index in [0.717, 1.165) is 18.9 Å². The highest BCUT2D eigenvalue weighted by atomic mass is 16.5. The zero-order valence-electron chi connectivity index (χ0n) is 12.0. The Kier molecular flexibility index (Phi) is 7.51. The van der Waals surface area contributed by atoms with E-state index in [9.17, 15) is 0 Å². The maximum Gasteiger partial charge on any atom is 0.123 e. The molecule has 0 heterocycles. The van der Waals surface area contributed by atoms with E-state index in [0.29, 0.717) is 6.04 Å². The van der Waals surface area contributed by atoms with Gasteiger partial charge in [-0.1, -0.05) is 44.4 Å². The zero-order chi connectivity index (χ0) is 13.2. The fraction of sp³-hybridized carbons (Fsp3) is 0.625. The lowest BCUT2D eigenvalue weighted by atomic mass is 10.1. The van der Waals surface area contributed by atoms with Crippen molar-refractivity contribution in [3.8, 4) is 5.75 Å². The van der Waals surface area contributed by atoms with E-state index in [-0.39, 0.29) is 0 Å². The number of hydrogen-bond donors (Lipinski definition) is 1. The van der Waals surface area contributed by atoms with E-state index in [4.69, 9.17) is 4.74 Å². The molecule has 0 aliphatic heterocycles. The number of hydrogen-bond acceptors (Lipinski definition) is 2. The summed E-state index contributed by atoms with van der Waals surface area (Å²) in [4.78, 5) is 0. The first-order valence-corrected chi connectivity index (χ1v) is 7.22. The first-order valence-electron chi connectivity index (χ1n) is 7.22. The topological polar surface area (TPSA) is 21.3 Å². The lowest BCUT2D eigenvalue weighted by Crippen LogP contribution is -2.25. The van der Waals surface area contributed by atoms with Crippen LogP contribution in [0.15, 0.2) is 24.3 Å². The Labute approximate surface area is 112 Å². The van der Waals surface area contributed by atoms with E-state index in [1.54, 1.807) is 0 Å². The van der Waals surface area contributed by atoms with Crippen LogP contribution in [0.25, 0.3) is 0 Å². The Morgan fingerprint density at radius 3 is 2.67 bits per heavy atom. The van der Waals surface area contributed by atoms with Gasteiger partial charge in [0.1, 0.15) is 5.75 Å². The molecule has 1 atom stereocenters. The predicted molar refractivity (Wildman–Crippen MR) is 78.1 cm³/mol. The normalized spacial score (nSPS) is 12.4. The monoisotopic (exact) mass is 249 g/mol. The summed E-state index contributed by atoms with van der Waals surface area (Å²) in [6.07, 6.45) is 5.20. The molecule has 0 fully saturated rings. The second kappa shape index (κ2) is 8.98. The van der Waals surface area contributed by atoms with Crippen molar-refractivity contribution < 1.29 is 4.74 Å². The summed E-state index contributed by atoms with van der Waals surface area (Å²) in [5.74, 6) is 1.01. The quantitative estimate of drug-likeness (QED) is 0.664. The van der Waals surface area contributed by atoms with Crippen molar-refractivity contribution in [2.75, 3.05) is 6.61 Å². The van der Waals surface area contributed by atoms with Crippen LogP contribution in [-0.2, 0) is 6.54 Å². The van der Waals surface area contributed by atoms with Gasteiger partial charge in [-0.05, 0) is 26.3 Å². The van der Waals surface area contributed by atoms with Gasteiger partial charge in [-0.15, -0.1) is 0 Å². The van der Waals surface area contributed by atoms with E-state index >= 15 is 0 Å². The van der Waals surface area contributed by atoms with Gasteiger partial charge in [0.05, 0.1) is 6.61 Å². The number of benzene rings is 1. The van der Waals surface area contributed by atoms with Crippen LogP contribution in [-0.4, -0.2) is 12.6 Å². The minimum atomic E-state index is 0.575. The molecule has 0 saturated carbocycles. The number of rotatable bonds is 9. The van der Waals surface area contributed by atoms with Crippen LogP contribution >= 0.6 is 0 Å². The van der Waals surface area contributed by atoms with E-state index in [2.05, 4.69) is 31.3 Å². The van der Waals surface area contributed by atoms with Gasteiger partial charge >= 0.3 is 0 Å². The van der Waals surface area contributed by atoms with Gasteiger partial charge in [-0.2, -0.15) is 0 Å². The van der Waals surface area contributed by atoms with Crippen LogP contribution in [0.5, 0.6) is 5.75 Å². The Bertz CT molecular complexity index is 325. The molecule has 0 aromatic heterocycles. The maximum absolute atomic E-state index is 5.63. The molecule has 1 N–H and O–H groups in total. The van der Waals surface area contributed by atoms with E-state index < -0.39 is 0 Å². The second-order valence-electron chi connectivity index (χ2n) is 4.82. The highest BCUT2D eigenvalue weighted by molar-refractivity contribution is 5.33. The molecule has 102 valence electrons. The second-order valence-corrected chi connectivity index (χ2v) is 4.82. The fourth-order valence-corrected chi connectivity index (χ4v) is 2.03. The van der Waals surface area contributed by atoms with Crippen molar-refractivity contribution in [3.63, 3.8) is 0 Å². The molecule has 1 unspecified atom stereocenters. The smallest absolute Gasteiger partial charge is 0.123 e. The van der Waals surface area contributed by atoms with Crippen LogP contribution in [0.3, 0.4) is 0 Å². The molecule has 0 spiro atoms. The molecule has 0 aliphatic carbocycles. The van der Waals surface area contributed by atoms with Crippen LogP contribution < -0.4 is 10.1 Å². The number of unbranched alkanes of at least 4 members (excludes halogenated alkanes) is 2. The summed E-state index contributed by atoms with van der Waals surface area (Å²) in [6.45, 7) is 8.15. The third kappa shape index (κ3) is 5.54. The van der Waals surface area contributed by atoms with Crippen molar-refractivity contribution >= 4 is 0 Å². The van der Waals surface area contributed by atoms with Gasteiger partial charge in [0, 0.05) is 18.2 Å². The Balaban J connectivity index is 2.37. The summed E-state index contributed by atoms with van der Waals surface area (Å²) >= 11 is 0. The van der Waals surface area contributed by atoms with Gasteiger partial charge in [0.15, 0.2) is 0 Å². The van der Waals surface area contributed by atoms with Crippen LogP contribution in [0.2, 0.25) is 0 Å². The Morgan fingerprint density at radius 2 is 1.94 bits per heavy atom. The number of para-hydroxylation sites is 1.